The van der Waals surface area contributed by atoms with Crippen LogP contribution in [0, 0.1) is 25.7 Å². The van der Waals surface area contributed by atoms with Gasteiger partial charge in [0.25, 0.3) is 0 Å². The van der Waals surface area contributed by atoms with E-state index < -0.39 is 0 Å². The highest BCUT2D eigenvalue weighted by Gasteiger charge is 2.39. The van der Waals surface area contributed by atoms with Gasteiger partial charge >= 0.3 is 0 Å². The zero-order valence-electron chi connectivity index (χ0n) is 19.8. The predicted octanol–water partition coefficient (Wildman–Crippen LogP) is 3.95. The van der Waals surface area contributed by atoms with E-state index >= 15 is 0 Å². The lowest BCUT2D eigenvalue weighted by molar-refractivity contribution is -0.138. The van der Waals surface area contributed by atoms with Crippen molar-refractivity contribution >= 4 is 29.1 Å². The van der Waals surface area contributed by atoms with Crippen molar-refractivity contribution in [2.24, 2.45) is 11.8 Å². The van der Waals surface area contributed by atoms with Crippen molar-refractivity contribution in [3.05, 3.63) is 59.7 Å². The van der Waals surface area contributed by atoms with Crippen LogP contribution in [0.15, 0.2) is 48.5 Å². The van der Waals surface area contributed by atoms with Gasteiger partial charge in [0.15, 0.2) is 0 Å². The van der Waals surface area contributed by atoms with Crippen LogP contribution in [-0.4, -0.2) is 48.8 Å². The lowest BCUT2D eigenvalue weighted by atomic mass is 9.93. The van der Waals surface area contributed by atoms with E-state index in [-0.39, 0.29) is 36.0 Å². The minimum Gasteiger partial charge on any atom is -0.342 e. The molecule has 0 bridgehead atoms. The lowest BCUT2D eigenvalue weighted by Crippen LogP contribution is -2.46. The second-order valence-corrected chi connectivity index (χ2v) is 9.26. The number of amides is 3. The van der Waals surface area contributed by atoms with Crippen LogP contribution in [0.2, 0.25) is 0 Å². The Balaban J connectivity index is 1.34. The Kier molecular flexibility index (Phi) is 6.82. The number of piperidine rings is 1. The monoisotopic (exact) mass is 447 g/mol. The Bertz CT molecular complexity index is 1030. The molecule has 2 aliphatic rings. The first-order valence-corrected chi connectivity index (χ1v) is 11.9. The van der Waals surface area contributed by atoms with E-state index in [0.29, 0.717) is 39.0 Å². The van der Waals surface area contributed by atoms with Crippen LogP contribution in [0.25, 0.3) is 0 Å². The summed E-state index contributed by atoms with van der Waals surface area (Å²) in [6.07, 6.45) is 1.58. The molecule has 0 N–H and O–H groups in total. The third kappa shape index (κ3) is 4.95. The maximum Gasteiger partial charge on any atom is 0.230 e. The number of benzene rings is 2. The zero-order chi connectivity index (χ0) is 23.5. The minimum absolute atomic E-state index is 0.000918. The van der Waals surface area contributed by atoms with Gasteiger partial charge in [-0.1, -0.05) is 29.8 Å². The molecular formula is C27H33N3O3. The van der Waals surface area contributed by atoms with Crippen molar-refractivity contribution < 1.29 is 14.4 Å². The van der Waals surface area contributed by atoms with Crippen LogP contribution in [0.1, 0.15) is 37.3 Å². The molecule has 0 radical (unpaired) electrons. The van der Waals surface area contributed by atoms with Gasteiger partial charge in [0.2, 0.25) is 17.7 Å². The fraction of sp³-hybridized carbons (Fsp3) is 0.444. The number of rotatable bonds is 5. The Morgan fingerprint density at radius 1 is 0.970 bits per heavy atom. The molecule has 2 fully saturated rings. The van der Waals surface area contributed by atoms with Crippen molar-refractivity contribution in [2.75, 3.05) is 36.0 Å². The minimum atomic E-state index is -0.314. The van der Waals surface area contributed by atoms with E-state index in [1.54, 1.807) is 4.90 Å². The van der Waals surface area contributed by atoms with Gasteiger partial charge in [-0.3, -0.25) is 14.4 Å². The molecule has 4 rings (SSSR count). The maximum absolute atomic E-state index is 13.2. The molecule has 174 valence electrons. The molecule has 0 aliphatic carbocycles. The van der Waals surface area contributed by atoms with E-state index in [9.17, 15) is 14.4 Å². The van der Waals surface area contributed by atoms with Crippen LogP contribution in [0.4, 0.5) is 11.4 Å². The van der Waals surface area contributed by atoms with Gasteiger partial charge in [0, 0.05) is 49.9 Å². The van der Waals surface area contributed by atoms with Crippen LogP contribution < -0.4 is 9.80 Å². The number of nitrogens with zero attached hydrogens (tertiary/aromatic N) is 3. The molecule has 33 heavy (non-hydrogen) atoms. The topological polar surface area (TPSA) is 60.9 Å². The SMILES string of the molecule is CCN(C(=O)C1CCN(C(=O)C2CC(=O)N(c3ccc(C)cc3)C2)CC1)c1cccc(C)c1. The molecule has 6 nitrogen and oxygen atoms in total. The van der Waals surface area contributed by atoms with Gasteiger partial charge in [0.1, 0.15) is 0 Å². The largest absolute Gasteiger partial charge is 0.342 e. The van der Waals surface area contributed by atoms with E-state index in [1.165, 1.54) is 0 Å². The summed E-state index contributed by atoms with van der Waals surface area (Å²) >= 11 is 0. The second kappa shape index (κ2) is 9.77. The molecule has 2 saturated heterocycles. The summed E-state index contributed by atoms with van der Waals surface area (Å²) in [5.74, 6) is -0.222. The first-order chi connectivity index (χ1) is 15.9. The molecule has 2 heterocycles. The summed E-state index contributed by atoms with van der Waals surface area (Å²) in [5, 5.41) is 0. The predicted molar refractivity (Wildman–Crippen MR) is 130 cm³/mol. The normalized spacial score (nSPS) is 19.1. The first-order valence-electron chi connectivity index (χ1n) is 11.9. The molecule has 0 spiro atoms. The molecule has 6 heteroatoms. The third-order valence-electron chi connectivity index (χ3n) is 6.87. The Labute approximate surface area is 196 Å². The Morgan fingerprint density at radius 3 is 2.30 bits per heavy atom. The van der Waals surface area contributed by atoms with Crippen molar-refractivity contribution in [2.45, 2.75) is 40.0 Å². The van der Waals surface area contributed by atoms with E-state index in [0.717, 1.165) is 22.5 Å². The van der Waals surface area contributed by atoms with Crippen LogP contribution in [0.5, 0.6) is 0 Å². The van der Waals surface area contributed by atoms with E-state index in [1.807, 2.05) is 79.1 Å². The molecule has 1 unspecified atom stereocenters. The first kappa shape index (κ1) is 23.0. The third-order valence-corrected chi connectivity index (χ3v) is 6.87. The average molecular weight is 448 g/mol. The molecule has 2 aromatic carbocycles. The lowest BCUT2D eigenvalue weighted by Gasteiger charge is -2.35. The highest BCUT2D eigenvalue weighted by atomic mass is 16.2. The summed E-state index contributed by atoms with van der Waals surface area (Å²) in [6.45, 7) is 8.22. The van der Waals surface area contributed by atoms with Gasteiger partial charge in [-0.2, -0.15) is 0 Å². The number of aryl methyl sites for hydroxylation is 2. The summed E-state index contributed by atoms with van der Waals surface area (Å²) in [6, 6.07) is 15.9. The molecule has 3 amide bonds. The van der Waals surface area contributed by atoms with Gasteiger partial charge in [0.05, 0.1) is 5.92 Å². The van der Waals surface area contributed by atoms with Gasteiger partial charge in [-0.15, -0.1) is 0 Å². The van der Waals surface area contributed by atoms with Crippen LogP contribution in [-0.2, 0) is 14.4 Å². The van der Waals surface area contributed by atoms with Crippen molar-refractivity contribution in [3.8, 4) is 0 Å². The molecule has 0 saturated carbocycles. The molecule has 0 aromatic heterocycles. The number of hydrogen-bond donors (Lipinski definition) is 0. The highest BCUT2D eigenvalue weighted by molar-refractivity contribution is 6.00. The molecule has 2 aromatic rings. The van der Waals surface area contributed by atoms with E-state index in [4.69, 9.17) is 0 Å². The number of carbonyl (C=O) groups is 3. The highest BCUT2D eigenvalue weighted by Crippen LogP contribution is 2.29. The fourth-order valence-electron chi connectivity index (χ4n) is 4.93. The number of hydrogen-bond acceptors (Lipinski definition) is 3. The van der Waals surface area contributed by atoms with Gasteiger partial charge in [-0.25, -0.2) is 0 Å². The number of carbonyl (C=O) groups excluding carboxylic acids is 3. The summed E-state index contributed by atoms with van der Waals surface area (Å²) in [7, 11) is 0. The molecule has 2 aliphatic heterocycles. The van der Waals surface area contributed by atoms with Gasteiger partial charge < -0.3 is 14.7 Å². The Morgan fingerprint density at radius 2 is 1.67 bits per heavy atom. The maximum atomic E-state index is 13.2. The summed E-state index contributed by atoms with van der Waals surface area (Å²) < 4.78 is 0. The summed E-state index contributed by atoms with van der Waals surface area (Å²) in [4.78, 5) is 44.4. The molecule has 1 atom stereocenters. The van der Waals surface area contributed by atoms with Crippen molar-refractivity contribution in [3.63, 3.8) is 0 Å². The van der Waals surface area contributed by atoms with E-state index in [2.05, 4.69) is 0 Å². The Hall–Kier alpha value is -3.15. The van der Waals surface area contributed by atoms with Crippen molar-refractivity contribution in [1.82, 2.24) is 4.90 Å². The van der Waals surface area contributed by atoms with Crippen LogP contribution in [0.3, 0.4) is 0 Å². The fourth-order valence-corrected chi connectivity index (χ4v) is 4.93. The zero-order valence-corrected chi connectivity index (χ0v) is 19.8. The smallest absolute Gasteiger partial charge is 0.230 e. The average Bonchev–Trinajstić information content (AvgIpc) is 3.21. The molecular weight excluding hydrogens is 414 g/mol. The standard InChI is InChI=1S/C27H33N3O3/c1-4-29(24-7-5-6-20(3)16-24)27(33)21-12-14-28(15-13-21)26(32)22-17-25(31)30(18-22)23-10-8-19(2)9-11-23/h5-11,16,21-22H,4,12-15,17-18H2,1-3H3. The van der Waals surface area contributed by atoms with Crippen LogP contribution >= 0.6 is 0 Å². The van der Waals surface area contributed by atoms with Gasteiger partial charge in [-0.05, 0) is 63.4 Å². The second-order valence-electron chi connectivity index (χ2n) is 9.26. The van der Waals surface area contributed by atoms with Crippen molar-refractivity contribution in [1.29, 1.82) is 0 Å². The number of anilines is 2. The quantitative estimate of drug-likeness (QED) is 0.697. The summed E-state index contributed by atoms with van der Waals surface area (Å²) in [5.41, 5.74) is 4.05. The number of likely N-dealkylation sites (tertiary alicyclic amines) is 1.